The molecule has 0 aromatic heterocycles. The van der Waals surface area contributed by atoms with Gasteiger partial charge in [0.1, 0.15) is 0 Å². The number of hydrogen-bond donors (Lipinski definition) is 1. The monoisotopic (exact) mass is 597 g/mol. The van der Waals surface area contributed by atoms with E-state index in [4.69, 9.17) is 16.3 Å². The lowest BCUT2D eigenvalue weighted by atomic mass is 9.98. The van der Waals surface area contributed by atoms with E-state index in [0.717, 1.165) is 32.1 Å². The maximum absolute atomic E-state index is 11.2. The minimum absolute atomic E-state index is 0.568. The molecule has 0 saturated carbocycles. The fourth-order valence-electron chi connectivity index (χ4n) is 5.53. The molecule has 0 saturated heterocycles. The van der Waals surface area contributed by atoms with Crippen molar-refractivity contribution in [2.75, 3.05) is 12.5 Å². The smallest absolute Gasteiger partial charge is 0.165 e. The molecule has 0 aliphatic heterocycles. The lowest BCUT2D eigenvalue weighted by Gasteiger charge is -2.28. The maximum Gasteiger partial charge on any atom is 0.165 e. The van der Waals surface area contributed by atoms with Gasteiger partial charge in [-0.05, 0) is 70.6 Å². The summed E-state index contributed by atoms with van der Waals surface area (Å²) in [6, 6.07) is 0. The Hall–Kier alpha value is -0.310. The van der Waals surface area contributed by atoms with Crippen molar-refractivity contribution in [3.05, 3.63) is 24.3 Å². The summed E-state index contributed by atoms with van der Waals surface area (Å²) in [5, 5.41) is 11.2. The number of aliphatic hydroxyl groups is 1. The molecule has 2 nitrogen and oxygen atoms in total. The number of hydrogen-bond acceptors (Lipinski definition) is 2. The molecule has 0 aliphatic rings. The molecule has 0 rings (SSSR count). The third-order valence-electron chi connectivity index (χ3n) is 8.31. The van der Waals surface area contributed by atoms with Crippen LogP contribution in [0.25, 0.3) is 0 Å². The summed E-state index contributed by atoms with van der Waals surface area (Å²) in [5.41, 5.74) is 0. The molecule has 1 N–H and O–H groups in total. The largest absolute Gasteiger partial charge is 0.365 e. The van der Waals surface area contributed by atoms with Gasteiger partial charge in [-0.2, -0.15) is 0 Å². The fourth-order valence-corrected chi connectivity index (χ4v) is 5.64. The number of unbranched alkanes of at least 4 members (excludes halogenated alkanes) is 22. The van der Waals surface area contributed by atoms with Crippen molar-refractivity contribution in [1.29, 1.82) is 0 Å². The van der Waals surface area contributed by atoms with Gasteiger partial charge in [-0.3, -0.25) is 0 Å². The van der Waals surface area contributed by atoms with Crippen LogP contribution in [0.4, 0.5) is 0 Å². The van der Waals surface area contributed by atoms with Gasteiger partial charge in [-0.15, -0.1) is 11.6 Å². The highest BCUT2D eigenvalue weighted by Crippen LogP contribution is 2.25. The second kappa shape index (κ2) is 34.2. The zero-order valence-corrected chi connectivity index (χ0v) is 28.7. The lowest BCUT2D eigenvalue weighted by molar-refractivity contribution is -0.213. The van der Waals surface area contributed by atoms with Crippen molar-refractivity contribution in [3.8, 4) is 0 Å². The van der Waals surface area contributed by atoms with Gasteiger partial charge < -0.3 is 9.84 Å². The van der Waals surface area contributed by atoms with E-state index in [1.54, 1.807) is 0 Å². The Kier molecular flexibility index (Phi) is 33.9. The van der Waals surface area contributed by atoms with E-state index in [2.05, 4.69) is 38.2 Å². The lowest BCUT2D eigenvalue weighted by Crippen LogP contribution is -2.33. The van der Waals surface area contributed by atoms with Crippen molar-refractivity contribution in [2.24, 2.45) is 0 Å². The molecule has 0 radical (unpaired) electrons. The molecule has 0 aromatic carbocycles. The highest BCUT2D eigenvalue weighted by atomic mass is 35.5. The zero-order valence-electron chi connectivity index (χ0n) is 28.0. The normalized spacial score (nSPS) is 12.4. The van der Waals surface area contributed by atoms with Crippen LogP contribution in [0.2, 0.25) is 0 Å². The quantitative estimate of drug-likeness (QED) is 0.0346. The third-order valence-corrected chi connectivity index (χ3v) is 8.57. The molecule has 0 unspecified atom stereocenters. The molecule has 0 amide bonds. The molecule has 3 heteroatoms. The summed E-state index contributed by atoms with van der Waals surface area (Å²) >= 11 is 5.85. The predicted octanol–water partition coefficient (Wildman–Crippen LogP) is 13.4. The summed E-state index contributed by atoms with van der Waals surface area (Å²) < 4.78 is 5.96. The highest BCUT2D eigenvalue weighted by molar-refractivity contribution is 6.17. The van der Waals surface area contributed by atoms with E-state index in [1.807, 2.05) is 0 Å². The molecule has 0 spiro atoms. The highest BCUT2D eigenvalue weighted by Gasteiger charge is 2.26. The minimum Gasteiger partial charge on any atom is -0.365 e. The Bertz CT molecular complexity index is 504. The van der Waals surface area contributed by atoms with Gasteiger partial charge in [0, 0.05) is 18.7 Å². The van der Waals surface area contributed by atoms with Crippen LogP contribution >= 0.6 is 11.6 Å². The summed E-state index contributed by atoms with van der Waals surface area (Å²) in [5.74, 6) is -0.354. The van der Waals surface area contributed by atoms with E-state index in [9.17, 15) is 5.11 Å². The molecule has 0 atom stereocenters. The summed E-state index contributed by atoms with van der Waals surface area (Å²) in [6.07, 6.45) is 45.6. The zero-order chi connectivity index (χ0) is 30.0. The van der Waals surface area contributed by atoms with Gasteiger partial charge in [-0.25, -0.2) is 0 Å². The topological polar surface area (TPSA) is 29.5 Å². The van der Waals surface area contributed by atoms with Crippen molar-refractivity contribution in [1.82, 2.24) is 0 Å². The van der Waals surface area contributed by atoms with Crippen molar-refractivity contribution in [2.45, 2.75) is 206 Å². The van der Waals surface area contributed by atoms with Crippen LogP contribution in [-0.4, -0.2) is 23.4 Å². The minimum atomic E-state index is -0.950. The maximum atomic E-state index is 11.2. The molecular formula is C38H73ClO2. The average Bonchev–Trinajstić information content (AvgIpc) is 2.97. The first-order chi connectivity index (χ1) is 20.2. The molecule has 244 valence electrons. The molecule has 0 heterocycles. The molecule has 0 aromatic rings. The molecular weight excluding hydrogens is 524 g/mol. The van der Waals surface area contributed by atoms with Crippen LogP contribution in [0.3, 0.4) is 0 Å². The van der Waals surface area contributed by atoms with Gasteiger partial charge in [-0.1, -0.05) is 141 Å². The van der Waals surface area contributed by atoms with Crippen LogP contribution in [0.5, 0.6) is 0 Å². The molecule has 41 heavy (non-hydrogen) atoms. The number of halogens is 1. The first kappa shape index (κ1) is 40.7. The van der Waals surface area contributed by atoms with Gasteiger partial charge >= 0.3 is 0 Å². The van der Waals surface area contributed by atoms with E-state index in [0.29, 0.717) is 12.5 Å². The van der Waals surface area contributed by atoms with Gasteiger partial charge in [0.25, 0.3) is 0 Å². The standard InChI is InChI=1S/C38H73ClO2/c1-3-5-7-9-11-13-15-17-19-21-23-25-27-29-31-34-38(40,41-37-33-36-39)35-32-30-28-26-24-22-20-18-16-14-12-10-8-6-4-2/h15-18,40H,3-14,19-37H2,1-2H3/b17-15-,18-16-. The van der Waals surface area contributed by atoms with Gasteiger partial charge in [0.15, 0.2) is 5.79 Å². The van der Waals surface area contributed by atoms with Crippen molar-refractivity contribution >= 4 is 11.6 Å². The Morgan fingerprint density at radius 1 is 0.463 bits per heavy atom. The number of ether oxygens (including phenoxy) is 1. The SMILES string of the molecule is CCCCCCC/C=C\CCCCCCCCC(O)(CCCCCCCC/C=C\CCCCCCC)OCCCCl. The van der Waals surface area contributed by atoms with Crippen LogP contribution < -0.4 is 0 Å². The molecule has 0 aliphatic carbocycles. The first-order valence-corrected chi connectivity index (χ1v) is 18.9. The number of allylic oxidation sites excluding steroid dienone is 4. The van der Waals surface area contributed by atoms with E-state index < -0.39 is 5.79 Å². The van der Waals surface area contributed by atoms with Crippen LogP contribution in [-0.2, 0) is 4.74 Å². The fraction of sp³-hybridized carbons (Fsp3) is 0.895. The van der Waals surface area contributed by atoms with Crippen molar-refractivity contribution in [3.63, 3.8) is 0 Å². The number of rotatable bonds is 34. The van der Waals surface area contributed by atoms with Gasteiger partial charge in [0.05, 0.1) is 6.61 Å². The Labute approximate surface area is 263 Å². The van der Waals surface area contributed by atoms with Crippen LogP contribution in [0.15, 0.2) is 24.3 Å². The van der Waals surface area contributed by atoms with Crippen LogP contribution in [0.1, 0.15) is 200 Å². The van der Waals surface area contributed by atoms with E-state index >= 15 is 0 Å². The van der Waals surface area contributed by atoms with E-state index in [1.165, 1.54) is 154 Å². The molecule has 0 bridgehead atoms. The van der Waals surface area contributed by atoms with Crippen molar-refractivity contribution < 1.29 is 9.84 Å². The Morgan fingerprint density at radius 3 is 1.12 bits per heavy atom. The van der Waals surface area contributed by atoms with Gasteiger partial charge in [0.2, 0.25) is 0 Å². The number of alkyl halides is 1. The van der Waals surface area contributed by atoms with E-state index in [-0.39, 0.29) is 0 Å². The average molecular weight is 597 g/mol. The second-order valence-electron chi connectivity index (χ2n) is 12.5. The third kappa shape index (κ3) is 32.4. The summed E-state index contributed by atoms with van der Waals surface area (Å²) in [4.78, 5) is 0. The van der Waals surface area contributed by atoms with Crippen LogP contribution in [0, 0.1) is 0 Å². The predicted molar refractivity (Wildman–Crippen MR) is 185 cm³/mol. The summed E-state index contributed by atoms with van der Waals surface area (Å²) in [7, 11) is 0. The summed E-state index contributed by atoms with van der Waals surface area (Å²) in [6.45, 7) is 5.12. The Morgan fingerprint density at radius 2 is 0.780 bits per heavy atom. The Balaban J connectivity index is 3.78. The first-order valence-electron chi connectivity index (χ1n) is 18.4. The second-order valence-corrected chi connectivity index (χ2v) is 12.9. The molecule has 0 fully saturated rings.